The Hall–Kier alpha value is -2.49. The van der Waals surface area contributed by atoms with E-state index in [1.807, 2.05) is 36.4 Å². The van der Waals surface area contributed by atoms with Gasteiger partial charge in [-0.25, -0.2) is 0 Å². The van der Waals surface area contributed by atoms with Crippen LogP contribution in [-0.4, -0.2) is 12.6 Å². The summed E-state index contributed by atoms with van der Waals surface area (Å²) in [6, 6.07) is 13.6. The highest BCUT2D eigenvalue weighted by atomic mass is 16.7. The lowest BCUT2D eigenvalue weighted by atomic mass is 9.92. The molecule has 0 spiro atoms. The molecule has 0 saturated carbocycles. The molecule has 4 heteroatoms. The van der Waals surface area contributed by atoms with Crippen LogP contribution in [0.1, 0.15) is 28.4 Å². The van der Waals surface area contributed by atoms with Crippen LogP contribution >= 0.6 is 0 Å². The highest BCUT2D eigenvalue weighted by Crippen LogP contribution is 2.41. The third-order valence-electron chi connectivity index (χ3n) is 3.73. The second kappa shape index (κ2) is 4.27. The van der Waals surface area contributed by atoms with Crippen molar-refractivity contribution in [3.05, 3.63) is 53.6 Å². The zero-order valence-corrected chi connectivity index (χ0v) is 10.8. The maximum absolute atomic E-state index is 12.3. The molecule has 0 unspecified atom stereocenters. The number of carbonyl (C=O) groups excluding carboxylic acids is 1. The minimum absolute atomic E-state index is 0.0107. The molecule has 0 amide bonds. The molecule has 2 heterocycles. The molecular formula is C16H13NO3. The van der Waals surface area contributed by atoms with Gasteiger partial charge in [-0.2, -0.15) is 0 Å². The number of ketones is 1. The summed E-state index contributed by atoms with van der Waals surface area (Å²) in [5.74, 6) is 1.47. The summed E-state index contributed by atoms with van der Waals surface area (Å²) in [5.41, 5.74) is 2.62. The molecule has 2 aliphatic rings. The molecule has 2 aromatic rings. The van der Waals surface area contributed by atoms with Gasteiger partial charge in [0.2, 0.25) is 6.79 Å². The van der Waals surface area contributed by atoms with Gasteiger partial charge < -0.3 is 14.8 Å². The van der Waals surface area contributed by atoms with Crippen LogP contribution in [0.4, 0.5) is 5.69 Å². The smallest absolute Gasteiger partial charge is 0.231 e. The van der Waals surface area contributed by atoms with E-state index in [2.05, 4.69) is 5.32 Å². The molecule has 0 aliphatic carbocycles. The zero-order valence-electron chi connectivity index (χ0n) is 10.8. The molecule has 0 bridgehead atoms. The number of carbonyl (C=O) groups is 1. The van der Waals surface area contributed by atoms with Gasteiger partial charge >= 0.3 is 0 Å². The number of hydrogen-bond donors (Lipinski definition) is 1. The number of benzene rings is 2. The number of rotatable bonds is 1. The molecular weight excluding hydrogens is 254 g/mol. The second-order valence-corrected chi connectivity index (χ2v) is 4.99. The van der Waals surface area contributed by atoms with E-state index in [9.17, 15) is 4.79 Å². The summed E-state index contributed by atoms with van der Waals surface area (Å²) >= 11 is 0. The second-order valence-electron chi connectivity index (χ2n) is 4.99. The van der Waals surface area contributed by atoms with Gasteiger partial charge in [-0.15, -0.1) is 0 Å². The normalized spacial score (nSPS) is 19.4. The zero-order chi connectivity index (χ0) is 13.5. The fraction of sp³-hybridized carbons (Fsp3) is 0.188. The van der Waals surface area contributed by atoms with Gasteiger partial charge in [0.25, 0.3) is 0 Å². The van der Waals surface area contributed by atoms with Crippen molar-refractivity contribution < 1.29 is 14.3 Å². The monoisotopic (exact) mass is 267 g/mol. The number of fused-ring (bicyclic) bond motifs is 2. The molecule has 0 radical (unpaired) electrons. The van der Waals surface area contributed by atoms with Crippen LogP contribution in [0.3, 0.4) is 0 Å². The first-order chi connectivity index (χ1) is 9.81. The van der Waals surface area contributed by atoms with Crippen molar-refractivity contribution >= 4 is 11.5 Å². The minimum atomic E-state index is 0.0107. The van der Waals surface area contributed by atoms with Crippen LogP contribution in [0.15, 0.2) is 42.5 Å². The molecule has 4 rings (SSSR count). The van der Waals surface area contributed by atoms with Gasteiger partial charge in [0, 0.05) is 23.7 Å². The lowest BCUT2D eigenvalue weighted by Gasteiger charge is -2.26. The van der Waals surface area contributed by atoms with Crippen LogP contribution in [0.25, 0.3) is 0 Å². The van der Waals surface area contributed by atoms with E-state index in [4.69, 9.17) is 9.47 Å². The Balaban J connectivity index is 1.74. The third-order valence-corrected chi connectivity index (χ3v) is 3.73. The highest BCUT2D eigenvalue weighted by Gasteiger charge is 2.28. The molecule has 0 aromatic heterocycles. The highest BCUT2D eigenvalue weighted by molar-refractivity contribution is 6.04. The van der Waals surface area contributed by atoms with Crippen molar-refractivity contribution in [2.75, 3.05) is 12.1 Å². The van der Waals surface area contributed by atoms with Gasteiger partial charge in [0.1, 0.15) is 0 Å². The standard InChI is InChI=1S/C16H13NO3/c18-14-7-12(10-4-2-1-3-5-10)17-13-8-16-15(6-11(13)14)19-9-20-16/h1-6,8,12,17H,7,9H2/t12-/m0/s1. The summed E-state index contributed by atoms with van der Waals surface area (Å²) < 4.78 is 10.7. The van der Waals surface area contributed by atoms with Crippen LogP contribution in [0.5, 0.6) is 11.5 Å². The van der Waals surface area contributed by atoms with Crippen LogP contribution < -0.4 is 14.8 Å². The molecule has 2 aromatic carbocycles. The molecule has 1 N–H and O–H groups in total. The quantitative estimate of drug-likeness (QED) is 0.862. The Kier molecular flexibility index (Phi) is 2.42. The van der Waals surface area contributed by atoms with Crippen molar-refractivity contribution in [1.29, 1.82) is 0 Å². The predicted molar refractivity (Wildman–Crippen MR) is 74.3 cm³/mol. The number of Topliss-reactive ketones (excluding diaryl/α,β-unsaturated/α-hetero) is 1. The first-order valence-corrected chi connectivity index (χ1v) is 6.59. The molecule has 0 fully saturated rings. The largest absolute Gasteiger partial charge is 0.454 e. The van der Waals surface area contributed by atoms with Crippen LogP contribution in [-0.2, 0) is 0 Å². The van der Waals surface area contributed by atoms with Crippen molar-refractivity contribution in [2.24, 2.45) is 0 Å². The van der Waals surface area contributed by atoms with Gasteiger partial charge in [-0.05, 0) is 11.6 Å². The van der Waals surface area contributed by atoms with Gasteiger partial charge in [-0.1, -0.05) is 30.3 Å². The summed E-state index contributed by atoms with van der Waals surface area (Å²) in [6.07, 6.45) is 0.455. The molecule has 20 heavy (non-hydrogen) atoms. The van der Waals surface area contributed by atoms with E-state index in [0.29, 0.717) is 23.5 Å². The maximum Gasteiger partial charge on any atom is 0.231 e. The molecule has 0 saturated heterocycles. The van der Waals surface area contributed by atoms with E-state index in [1.165, 1.54) is 0 Å². The van der Waals surface area contributed by atoms with Crippen molar-refractivity contribution in [3.8, 4) is 11.5 Å². The number of anilines is 1. The number of ether oxygens (including phenoxy) is 2. The third kappa shape index (κ3) is 1.72. The molecule has 1 atom stereocenters. The molecule has 100 valence electrons. The van der Waals surface area contributed by atoms with Gasteiger partial charge in [0.05, 0.1) is 6.04 Å². The minimum Gasteiger partial charge on any atom is -0.454 e. The summed E-state index contributed by atoms with van der Waals surface area (Å²) in [6.45, 7) is 0.217. The summed E-state index contributed by atoms with van der Waals surface area (Å²) in [5, 5.41) is 3.42. The maximum atomic E-state index is 12.3. The van der Waals surface area contributed by atoms with Crippen molar-refractivity contribution in [3.63, 3.8) is 0 Å². The summed E-state index contributed by atoms with van der Waals surface area (Å²) in [7, 11) is 0. The van der Waals surface area contributed by atoms with E-state index < -0.39 is 0 Å². The first kappa shape index (κ1) is 11.3. The van der Waals surface area contributed by atoms with E-state index >= 15 is 0 Å². The van der Waals surface area contributed by atoms with Crippen LogP contribution in [0.2, 0.25) is 0 Å². The van der Waals surface area contributed by atoms with Crippen molar-refractivity contribution in [1.82, 2.24) is 0 Å². The van der Waals surface area contributed by atoms with E-state index in [-0.39, 0.29) is 18.6 Å². The molecule has 2 aliphatic heterocycles. The average molecular weight is 267 g/mol. The predicted octanol–water partition coefficient (Wildman–Crippen LogP) is 3.15. The van der Waals surface area contributed by atoms with Crippen molar-refractivity contribution in [2.45, 2.75) is 12.5 Å². The molecule has 4 nitrogen and oxygen atoms in total. The topological polar surface area (TPSA) is 47.6 Å². The summed E-state index contributed by atoms with van der Waals surface area (Å²) in [4.78, 5) is 12.3. The fourth-order valence-electron chi connectivity index (χ4n) is 2.71. The van der Waals surface area contributed by atoms with E-state index in [1.54, 1.807) is 6.07 Å². The Morgan fingerprint density at radius 3 is 2.60 bits per heavy atom. The Morgan fingerprint density at radius 1 is 1.05 bits per heavy atom. The Morgan fingerprint density at radius 2 is 1.80 bits per heavy atom. The first-order valence-electron chi connectivity index (χ1n) is 6.59. The SMILES string of the molecule is O=C1C[C@@H](c2ccccc2)Nc2cc3c(cc21)OCO3. The number of hydrogen-bond acceptors (Lipinski definition) is 4. The lowest BCUT2D eigenvalue weighted by molar-refractivity contribution is 0.0972. The van der Waals surface area contributed by atoms with Crippen LogP contribution in [0, 0.1) is 0 Å². The van der Waals surface area contributed by atoms with Gasteiger partial charge in [-0.3, -0.25) is 4.79 Å². The fourth-order valence-corrected chi connectivity index (χ4v) is 2.71. The van der Waals surface area contributed by atoms with Gasteiger partial charge in [0.15, 0.2) is 17.3 Å². The van der Waals surface area contributed by atoms with E-state index in [0.717, 1.165) is 11.3 Å². The Bertz CT molecular complexity index is 682. The Labute approximate surface area is 116 Å². The average Bonchev–Trinajstić information content (AvgIpc) is 2.93. The number of nitrogens with one attached hydrogen (secondary N) is 1. The lowest BCUT2D eigenvalue weighted by Crippen LogP contribution is -2.22.